The first-order valence-electron chi connectivity index (χ1n) is 9.72. The number of esters is 1. The SMILES string of the molecule is COc1cc(/C=N/NC(=O)COc2ccc(Cl)cc2Cl)ccc1OC(=O)c1ccc(C)cc1. The highest BCUT2D eigenvalue weighted by atomic mass is 35.5. The number of ether oxygens (including phenoxy) is 3. The first-order valence-corrected chi connectivity index (χ1v) is 10.5. The van der Waals surface area contributed by atoms with E-state index in [9.17, 15) is 9.59 Å². The van der Waals surface area contributed by atoms with E-state index in [1.54, 1.807) is 42.5 Å². The Morgan fingerprint density at radius 3 is 2.39 bits per heavy atom. The van der Waals surface area contributed by atoms with Gasteiger partial charge in [-0.25, -0.2) is 10.2 Å². The monoisotopic (exact) mass is 486 g/mol. The van der Waals surface area contributed by atoms with E-state index in [2.05, 4.69) is 10.5 Å². The molecule has 0 radical (unpaired) electrons. The number of benzene rings is 3. The van der Waals surface area contributed by atoms with Crippen LogP contribution in [0.4, 0.5) is 0 Å². The van der Waals surface area contributed by atoms with Crippen molar-refractivity contribution in [1.82, 2.24) is 5.43 Å². The molecular formula is C24H20Cl2N2O5. The van der Waals surface area contributed by atoms with Crippen molar-refractivity contribution in [1.29, 1.82) is 0 Å². The fraction of sp³-hybridized carbons (Fsp3) is 0.125. The molecule has 0 aliphatic rings. The third kappa shape index (κ3) is 6.97. The summed E-state index contributed by atoms with van der Waals surface area (Å²) in [5, 5.41) is 4.66. The molecule has 0 fully saturated rings. The van der Waals surface area contributed by atoms with Gasteiger partial charge in [-0.05, 0) is 61.0 Å². The molecule has 0 heterocycles. The van der Waals surface area contributed by atoms with Crippen molar-refractivity contribution in [2.24, 2.45) is 5.10 Å². The number of aryl methyl sites for hydroxylation is 1. The van der Waals surface area contributed by atoms with E-state index in [4.69, 9.17) is 37.4 Å². The summed E-state index contributed by atoms with van der Waals surface area (Å²) in [6.07, 6.45) is 1.42. The summed E-state index contributed by atoms with van der Waals surface area (Å²) in [4.78, 5) is 24.3. The van der Waals surface area contributed by atoms with Crippen molar-refractivity contribution in [3.05, 3.63) is 87.4 Å². The van der Waals surface area contributed by atoms with Crippen LogP contribution in [0, 0.1) is 6.92 Å². The number of nitrogens with one attached hydrogen (secondary N) is 1. The predicted molar refractivity (Wildman–Crippen MR) is 127 cm³/mol. The minimum Gasteiger partial charge on any atom is -0.493 e. The van der Waals surface area contributed by atoms with Crippen molar-refractivity contribution < 1.29 is 23.8 Å². The number of halogens is 2. The number of methoxy groups -OCH3 is 1. The first kappa shape index (κ1) is 24.1. The number of nitrogens with zero attached hydrogens (tertiary/aromatic N) is 1. The predicted octanol–water partition coefficient (Wildman–Crippen LogP) is 5.06. The van der Waals surface area contributed by atoms with Gasteiger partial charge >= 0.3 is 5.97 Å². The second-order valence-corrected chi connectivity index (χ2v) is 7.67. The molecule has 0 atom stereocenters. The summed E-state index contributed by atoms with van der Waals surface area (Å²) < 4.78 is 16.1. The maximum Gasteiger partial charge on any atom is 0.343 e. The molecule has 0 aliphatic carbocycles. The standard InChI is InChI=1S/C24H20Cl2N2O5/c1-15-3-6-17(7-4-15)24(30)33-21-9-5-16(11-22(21)31-2)13-27-28-23(29)14-32-20-10-8-18(25)12-19(20)26/h3-13H,14H2,1-2H3,(H,28,29)/b27-13+. The molecule has 3 rings (SSSR count). The van der Waals surface area contributed by atoms with Crippen molar-refractivity contribution in [3.63, 3.8) is 0 Å². The number of carbonyl (C=O) groups is 2. The lowest BCUT2D eigenvalue weighted by Gasteiger charge is -2.10. The summed E-state index contributed by atoms with van der Waals surface area (Å²) >= 11 is 11.8. The van der Waals surface area contributed by atoms with Gasteiger partial charge in [-0.2, -0.15) is 5.10 Å². The lowest BCUT2D eigenvalue weighted by atomic mass is 10.1. The topological polar surface area (TPSA) is 86.2 Å². The van der Waals surface area contributed by atoms with E-state index in [0.717, 1.165) is 5.56 Å². The summed E-state index contributed by atoms with van der Waals surface area (Å²) in [5.41, 5.74) is 4.44. The van der Waals surface area contributed by atoms with Gasteiger partial charge in [0.2, 0.25) is 0 Å². The number of hydrogen-bond donors (Lipinski definition) is 1. The average molecular weight is 487 g/mol. The number of carbonyl (C=O) groups excluding carboxylic acids is 2. The Labute approximate surface area is 200 Å². The normalized spacial score (nSPS) is 10.7. The van der Waals surface area contributed by atoms with E-state index in [1.165, 1.54) is 19.4 Å². The first-order chi connectivity index (χ1) is 15.9. The van der Waals surface area contributed by atoms with Crippen LogP contribution in [0.2, 0.25) is 10.0 Å². The highest BCUT2D eigenvalue weighted by Gasteiger charge is 2.13. The molecule has 0 saturated heterocycles. The molecule has 0 unspecified atom stereocenters. The van der Waals surface area contributed by atoms with Crippen LogP contribution in [0.15, 0.2) is 65.8 Å². The Kier molecular flexibility index (Phi) is 8.29. The van der Waals surface area contributed by atoms with Gasteiger partial charge in [-0.15, -0.1) is 0 Å². The molecule has 0 aliphatic heterocycles. The zero-order chi connectivity index (χ0) is 23.8. The Hall–Kier alpha value is -3.55. The molecule has 9 heteroatoms. The van der Waals surface area contributed by atoms with Crippen molar-refractivity contribution >= 4 is 41.3 Å². The zero-order valence-electron chi connectivity index (χ0n) is 17.8. The third-order valence-electron chi connectivity index (χ3n) is 4.33. The molecular weight excluding hydrogens is 467 g/mol. The number of hydrazone groups is 1. The fourth-order valence-electron chi connectivity index (χ4n) is 2.64. The Morgan fingerprint density at radius 2 is 1.70 bits per heavy atom. The van der Waals surface area contributed by atoms with Crippen LogP contribution in [-0.2, 0) is 4.79 Å². The van der Waals surface area contributed by atoms with Crippen molar-refractivity contribution in [3.8, 4) is 17.2 Å². The summed E-state index contributed by atoms with van der Waals surface area (Å²) in [6.45, 7) is 1.65. The van der Waals surface area contributed by atoms with Gasteiger partial charge in [0.1, 0.15) is 5.75 Å². The second-order valence-electron chi connectivity index (χ2n) is 6.82. The van der Waals surface area contributed by atoms with Crippen LogP contribution in [-0.4, -0.2) is 31.8 Å². The van der Waals surface area contributed by atoms with Gasteiger partial charge in [0, 0.05) is 5.02 Å². The maximum absolute atomic E-state index is 12.3. The van der Waals surface area contributed by atoms with Crippen LogP contribution in [0.1, 0.15) is 21.5 Å². The largest absolute Gasteiger partial charge is 0.493 e. The van der Waals surface area contributed by atoms with Crippen molar-refractivity contribution in [2.75, 3.05) is 13.7 Å². The Morgan fingerprint density at radius 1 is 0.970 bits per heavy atom. The van der Waals surface area contributed by atoms with E-state index < -0.39 is 11.9 Å². The molecule has 7 nitrogen and oxygen atoms in total. The van der Waals surface area contributed by atoms with Crippen LogP contribution in [0.3, 0.4) is 0 Å². The highest BCUT2D eigenvalue weighted by molar-refractivity contribution is 6.35. The van der Waals surface area contributed by atoms with Gasteiger partial charge in [0.15, 0.2) is 18.1 Å². The van der Waals surface area contributed by atoms with E-state index in [0.29, 0.717) is 32.7 Å². The van der Waals surface area contributed by atoms with Crippen molar-refractivity contribution in [2.45, 2.75) is 6.92 Å². The maximum atomic E-state index is 12.3. The number of rotatable bonds is 8. The molecule has 0 spiro atoms. The summed E-state index contributed by atoms with van der Waals surface area (Å²) in [7, 11) is 1.46. The third-order valence-corrected chi connectivity index (χ3v) is 4.86. The minimum absolute atomic E-state index is 0.262. The van der Waals surface area contributed by atoms with Gasteiger partial charge in [0.25, 0.3) is 5.91 Å². The van der Waals surface area contributed by atoms with Gasteiger partial charge in [-0.1, -0.05) is 40.9 Å². The minimum atomic E-state index is -0.497. The quantitative estimate of drug-likeness (QED) is 0.208. The molecule has 1 N–H and O–H groups in total. The van der Waals surface area contributed by atoms with Crippen LogP contribution in [0.25, 0.3) is 0 Å². The molecule has 3 aromatic rings. The van der Waals surface area contributed by atoms with E-state index >= 15 is 0 Å². The van der Waals surface area contributed by atoms with Gasteiger partial charge in [-0.3, -0.25) is 4.79 Å². The molecule has 1 amide bonds. The Bertz CT molecular complexity index is 1180. The molecule has 0 bridgehead atoms. The fourth-order valence-corrected chi connectivity index (χ4v) is 3.11. The Balaban J connectivity index is 1.56. The second kappa shape index (κ2) is 11.4. The lowest BCUT2D eigenvalue weighted by Crippen LogP contribution is -2.24. The molecule has 170 valence electrons. The molecule has 0 aromatic heterocycles. The van der Waals surface area contributed by atoms with Crippen LogP contribution >= 0.6 is 23.2 Å². The van der Waals surface area contributed by atoms with Gasteiger partial charge < -0.3 is 14.2 Å². The van der Waals surface area contributed by atoms with Crippen LogP contribution in [0.5, 0.6) is 17.2 Å². The zero-order valence-corrected chi connectivity index (χ0v) is 19.3. The van der Waals surface area contributed by atoms with Gasteiger partial charge in [0.05, 0.1) is 23.9 Å². The number of amides is 1. The smallest absolute Gasteiger partial charge is 0.343 e. The summed E-state index contributed by atoms with van der Waals surface area (Å²) in [5.74, 6) is -0.0414. The van der Waals surface area contributed by atoms with Crippen LogP contribution < -0.4 is 19.6 Å². The lowest BCUT2D eigenvalue weighted by molar-refractivity contribution is -0.123. The summed E-state index contributed by atoms with van der Waals surface area (Å²) in [6, 6.07) is 16.6. The number of hydrogen-bond acceptors (Lipinski definition) is 6. The molecule has 0 saturated carbocycles. The average Bonchev–Trinajstić information content (AvgIpc) is 2.79. The highest BCUT2D eigenvalue weighted by Crippen LogP contribution is 2.29. The molecule has 33 heavy (non-hydrogen) atoms. The van der Waals surface area contributed by atoms with E-state index in [-0.39, 0.29) is 12.4 Å². The van der Waals surface area contributed by atoms with E-state index in [1.807, 2.05) is 19.1 Å². The molecule has 3 aromatic carbocycles.